The van der Waals surface area contributed by atoms with Crippen LogP contribution >= 0.6 is 11.6 Å². The molecule has 1 fully saturated rings. The molecule has 2 nitrogen and oxygen atoms in total. The molecule has 0 heterocycles. The Bertz CT molecular complexity index is 440. The fraction of sp³-hybridized carbons (Fsp3) is 0.571. The number of aliphatic hydroxyl groups is 1. The Morgan fingerprint density at radius 3 is 2.83 bits per heavy atom. The highest BCUT2D eigenvalue weighted by molar-refractivity contribution is 6.31. The summed E-state index contributed by atoms with van der Waals surface area (Å²) >= 11 is 6.02. The van der Waals surface area contributed by atoms with E-state index in [1.165, 1.54) is 12.1 Å². The molecule has 0 aromatic heterocycles. The molecule has 100 valence electrons. The van der Waals surface area contributed by atoms with Gasteiger partial charge in [-0.3, -0.25) is 0 Å². The van der Waals surface area contributed by atoms with Crippen LogP contribution in [0.5, 0.6) is 0 Å². The second-order valence-corrected chi connectivity index (χ2v) is 5.89. The molecule has 18 heavy (non-hydrogen) atoms. The van der Waals surface area contributed by atoms with Crippen LogP contribution < -0.4 is 5.73 Å². The molecule has 0 radical (unpaired) electrons. The van der Waals surface area contributed by atoms with Crippen LogP contribution in [0.4, 0.5) is 4.39 Å². The summed E-state index contributed by atoms with van der Waals surface area (Å²) in [6.45, 7) is 2.59. The molecule has 1 aromatic rings. The second-order valence-electron chi connectivity index (χ2n) is 5.48. The Morgan fingerprint density at radius 1 is 1.61 bits per heavy atom. The summed E-state index contributed by atoms with van der Waals surface area (Å²) in [5, 5.41) is 10.8. The summed E-state index contributed by atoms with van der Waals surface area (Å²) in [6, 6.07) is 4.12. The van der Waals surface area contributed by atoms with Crippen molar-refractivity contribution in [2.24, 2.45) is 17.1 Å². The van der Waals surface area contributed by atoms with Gasteiger partial charge >= 0.3 is 0 Å². The molecule has 1 aliphatic rings. The van der Waals surface area contributed by atoms with Crippen molar-refractivity contribution in [3.63, 3.8) is 0 Å². The van der Waals surface area contributed by atoms with Gasteiger partial charge in [-0.15, -0.1) is 0 Å². The minimum Gasteiger partial charge on any atom is -0.388 e. The quantitative estimate of drug-likeness (QED) is 0.886. The lowest BCUT2D eigenvalue weighted by atomic mass is 9.77. The van der Waals surface area contributed by atoms with Gasteiger partial charge in [0.25, 0.3) is 0 Å². The average molecular weight is 272 g/mol. The van der Waals surface area contributed by atoms with E-state index < -0.39 is 11.9 Å². The van der Waals surface area contributed by atoms with Gasteiger partial charge < -0.3 is 10.8 Å². The average Bonchev–Trinajstić information content (AvgIpc) is 2.71. The molecule has 1 saturated carbocycles. The van der Waals surface area contributed by atoms with Crippen LogP contribution in [0.2, 0.25) is 5.02 Å². The van der Waals surface area contributed by atoms with Gasteiger partial charge in [0.05, 0.1) is 6.10 Å². The third-order valence-electron chi connectivity index (χ3n) is 4.13. The summed E-state index contributed by atoms with van der Waals surface area (Å²) in [4.78, 5) is 0. The van der Waals surface area contributed by atoms with Crippen LogP contribution in [0.3, 0.4) is 0 Å². The Hall–Kier alpha value is -0.640. The molecule has 0 amide bonds. The second kappa shape index (κ2) is 5.16. The van der Waals surface area contributed by atoms with Crippen molar-refractivity contribution in [3.05, 3.63) is 34.6 Å². The van der Waals surface area contributed by atoms with Crippen molar-refractivity contribution in [1.29, 1.82) is 0 Å². The number of hydrogen-bond donors (Lipinski definition) is 2. The number of rotatable bonds is 3. The maximum atomic E-state index is 13.0. The molecule has 2 rings (SSSR count). The van der Waals surface area contributed by atoms with E-state index in [1.54, 1.807) is 6.07 Å². The third kappa shape index (κ3) is 2.40. The van der Waals surface area contributed by atoms with Gasteiger partial charge in [0, 0.05) is 17.0 Å². The molecule has 4 heteroatoms. The Morgan fingerprint density at radius 2 is 2.33 bits per heavy atom. The molecule has 0 saturated heterocycles. The Labute approximate surface area is 112 Å². The van der Waals surface area contributed by atoms with Crippen molar-refractivity contribution < 1.29 is 9.50 Å². The molecule has 3 atom stereocenters. The first-order valence-electron chi connectivity index (χ1n) is 6.31. The first-order chi connectivity index (χ1) is 8.48. The summed E-state index contributed by atoms with van der Waals surface area (Å²) in [7, 11) is 0. The van der Waals surface area contributed by atoms with Gasteiger partial charge in [0.2, 0.25) is 0 Å². The summed E-state index contributed by atoms with van der Waals surface area (Å²) in [5.41, 5.74) is 6.13. The predicted molar refractivity (Wildman–Crippen MR) is 70.9 cm³/mol. The first-order valence-corrected chi connectivity index (χ1v) is 6.69. The zero-order valence-corrected chi connectivity index (χ0v) is 11.3. The zero-order chi connectivity index (χ0) is 13.3. The normalized spacial score (nSPS) is 29.5. The number of halogens is 2. The molecular weight excluding hydrogens is 253 g/mol. The number of hydrogen-bond acceptors (Lipinski definition) is 2. The summed E-state index contributed by atoms with van der Waals surface area (Å²) in [6.07, 6.45) is 2.12. The van der Waals surface area contributed by atoms with Gasteiger partial charge in [0.1, 0.15) is 5.82 Å². The van der Waals surface area contributed by atoms with Gasteiger partial charge in [-0.2, -0.15) is 0 Å². The third-order valence-corrected chi connectivity index (χ3v) is 4.46. The van der Waals surface area contributed by atoms with Crippen LogP contribution in [0.1, 0.15) is 37.9 Å². The maximum absolute atomic E-state index is 13.0. The van der Waals surface area contributed by atoms with Gasteiger partial charge in [-0.25, -0.2) is 4.39 Å². The maximum Gasteiger partial charge on any atom is 0.124 e. The number of nitrogens with two attached hydrogens (primary N) is 1. The van der Waals surface area contributed by atoms with Crippen LogP contribution in [0.25, 0.3) is 0 Å². The SMILES string of the molecule is CC1CCC(CN)(C(O)c2ccc(F)cc2Cl)C1. The smallest absolute Gasteiger partial charge is 0.124 e. The minimum absolute atomic E-state index is 0.273. The monoisotopic (exact) mass is 271 g/mol. The molecule has 0 aliphatic heterocycles. The lowest BCUT2D eigenvalue weighted by molar-refractivity contribution is 0.0308. The first kappa shape index (κ1) is 13.8. The topological polar surface area (TPSA) is 46.2 Å². The highest BCUT2D eigenvalue weighted by atomic mass is 35.5. The van der Waals surface area contributed by atoms with Gasteiger partial charge in [-0.05, 0) is 36.5 Å². The van der Waals surface area contributed by atoms with E-state index >= 15 is 0 Å². The fourth-order valence-electron chi connectivity index (χ4n) is 3.03. The van der Waals surface area contributed by atoms with Crippen molar-refractivity contribution >= 4 is 11.6 Å². The van der Waals surface area contributed by atoms with E-state index in [1.807, 2.05) is 0 Å². The van der Waals surface area contributed by atoms with E-state index in [0.717, 1.165) is 19.3 Å². The largest absolute Gasteiger partial charge is 0.388 e. The number of benzene rings is 1. The van der Waals surface area contributed by atoms with Crippen molar-refractivity contribution in [1.82, 2.24) is 0 Å². The van der Waals surface area contributed by atoms with E-state index in [9.17, 15) is 9.50 Å². The fourth-order valence-corrected chi connectivity index (χ4v) is 3.30. The minimum atomic E-state index is -0.722. The van der Waals surface area contributed by atoms with E-state index in [2.05, 4.69) is 6.92 Å². The summed E-state index contributed by atoms with van der Waals surface area (Å²) in [5.74, 6) is 0.167. The molecule has 3 unspecified atom stereocenters. The van der Waals surface area contributed by atoms with E-state index in [4.69, 9.17) is 17.3 Å². The highest BCUT2D eigenvalue weighted by Crippen LogP contribution is 2.50. The van der Waals surface area contributed by atoms with Crippen LogP contribution in [0.15, 0.2) is 18.2 Å². The van der Waals surface area contributed by atoms with Crippen LogP contribution in [0, 0.1) is 17.2 Å². The van der Waals surface area contributed by atoms with E-state index in [-0.39, 0.29) is 10.4 Å². The molecular formula is C14H19ClFNO. The summed E-state index contributed by atoms with van der Waals surface area (Å²) < 4.78 is 13.0. The molecule has 3 N–H and O–H groups in total. The van der Waals surface area contributed by atoms with Crippen molar-refractivity contribution in [2.45, 2.75) is 32.3 Å². The van der Waals surface area contributed by atoms with Crippen LogP contribution in [-0.2, 0) is 0 Å². The zero-order valence-electron chi connectivity index (χ0n) is 10.5. The molecule has 1 aromatic carbocycles. The highest BCUT2D eigenvalue weighted by Gasteiger charge is 2.43. The standard InChI is InChI=1S/C14H19ClFNO/c1-9-4-5-14(7-9,8-17)13(18)11-3-2-10(16)6-12(11)15/h2-3,6,9,13,18H,4-5,7-8,17H2,1H3. The van der Waals surface area contributed by atoms with E-state index in [0.29, 0.717) is 18.0 Å². The van der Waals surface area contributed by atoms with Crippen molar-refractivity contribution in [3.8, 4) is 0 Å². The molecule has 1 aliphatic carbocycles. The molecule has 0 spiro atoms. The number of aliphatic hydroxyl groups excluding tert-OH is 1. The lowest BCUT2D eigenvalue weighted by Gasteiger charge is -2.34. The van der Waals surface area contributed by atoms with Crippen LogP contribution in [-0.4, -0.2) is 11.7 Å². The lowest BCUT2D eigenvalue weighted by Crippen LogP contribution is -2.34. The van der Waals surface area contributed by atoms with Gasteiger partial charge in [-0.1, -0.05) is 31.0 Å². The Balaban J connectivity index is 2.32. The molecule has 0 bridgehead atoms. The predicted octanol–water partition coefficient (Wildman–Crippen LogP) is 3.28. The Kier molecular flexibility index (Phi) is 3.95. The van der Waals surface area contributed by atoms with Gasteiger partial charge in [0.15, 0.2) is 0 Å². The van der Waals surface area contributed by atoms with Crippen molar-refractivity contribution in [2.75, 3.05) is 6.54 Å².